The maximum atomic E-state index is 4.69. The van der Waals surface area contributed by atoms with Gasteiger partial charge in [0.15, 0.2) is 0 Å². The minimum Gasteiger partial charge on any atom is -0.338 e. The first kappa shape index (κ1) is 11.7. The van der Waals surface area contributed by atoms with Crippen LogP contribution in [0.3, 0.4) is 0 Å². The first-order valence-electron chi connectivity index (χ1n) is 5.87. The van der Waals surface area contributed by atoms with Crippen molar-refractivity contribution in [1.82, 2.24) is 9.97 Å². The highest BCUT2D eigenvalue weighted by Gasteiger charge is 2.08. The van der Waals surface area contributed by atoms with Gasteiger partial charge in [-0.05, 0) is 65.8 Å². The quantitative estimate of drug-likeness (QED) is 0.647. The minimum atomic E-state index is 0.944. The third-order valence-corrected chi connectivity index (χ3v) is 4.17. The van der Waals surface area contributed by atoms with Crippen LogP contribution in [0.5, 0.6) is 0 Å². The van der Waals surface area contributed by atoms with Gasteiger partial charge in [-0.2, -0.15) is 0 Å². The lowest BCUT2D eigenvalue weighted by Crippen LogP contribution is -1.83. The summed E-state index contributed by atoms with van der Waals surface area (Å²) >= 11 is 2.34. The Balaban J connectivity index is 2.23. The number of hydrogen-bond donors (Lipinski definition) is 1. The molecule has 18 heavy (non-hydrogen) atoms. The Hall–Kier alpha value is -1.36. The molecule has 0 amide bonds. The number of aromatic nitrogens is 2. The summed E-state index contributed by atoms with van der Waals surface area (Å²) in [5, 5.41) is 0. The zero-order chi connectivity index (χ0) is 12.7. The predicted octanol–water partition coefficient (Wildman–Crippen LogP) is 4.45. The second-order valence-corrected chi connectivity index (χ2v) is 5.68. The van der Waals surface area contributed by atoms with Crippen molar-refractivity contribution in [2.75, 3.05) is 0 Å². The SMILES string of the molecule is Cc1cc2nc(-c3ccccc3I)[nH]c2cc1C. The van der Waals surface area contributed by atoms with E-state index in [1.165, 1.54) is 14.7 Å². The molecule has 3 rings (SSSR count). The molecule has 3 heteroatoms. The van der Waals surface area contributed by atoms with E-state index in [9.17, 15) is 0 Å². The van der Waals surface area contributed by atoms with Crippen molar-refractivity contribution in [1.29, 1.82) is 0 Å². The van der Waals surface area contributed by atoms with E-state index < -0.39 is 0 Å². The normalized spacial score (nSPS) is 11.1. The van der Waals surface area contributed by atoms with Crippen molar-refractivity contribution < 1.29 is 0 Å². The van der Waals surface area contributed by atoms with Crippen LogP contribution < -0.4 is 0 Å². The average molecular weight is 348 g/mol. The number of nitrogens with zero attached hydrogens (tertiary/aromatic N) is 1. The third kappa shape index (κ3) is 1.92. The fraction of sp³-hybridized carbons (Fsp3) is 0.133. The molecule has 0 saturated carbocycles. The molecule has 90 valence electrons. The Labute approximate surface area is 120 Å². The summed E-state index contributed by atoms with van der Waals surface area (Å²) in [6.07, 6.45) is 0. The summed E-state index contributed by atoms with van der Waals surface area (Å²) in [6.45, 7) is 4.25. The average Bonchev–Trinajstić information content (AvgIpc) is 2.73. The van der Waals surface area contributed by atoms with Gasteiger partial charge in [-0.1, -0.05) is 18.2 Å². The number of hydrogen-bond acceptors (Lipinski definition) is 1. The summed E-state index contributed by atoms with van der Waals surface area (Å²) in [5.41, 5.74) is 5.87. The second kappa shape index (κ2) is 4.39. The molecule has 0 spiro atoms. The van der Waals surface area contributed by atoms with E-state index in [4.69, 9.17) is 0 Å². The summed E-state index contributed by atoms with van der Waals surface area (Å²) in [6, 6.07) is 12.6. The number of imidazole rings is 1. The van der Waals surface area contributed by atoms with Crippen LogP contribution in [0.2, 0.25) is 0 Å². The van der Waals surface area contributed by atoms with Gasteiger partial charge < -0.3 is 4.98 Å². The second-order valence-electron chi connectivity index (χ2n) is 4.52. The van der Waals surface area contributed by atoms with Gasteiger partial charge in [0.2, 0.25) is 0 Å². The molecular weight excluding hydrogens is 335 g/mol. The van der Waals surface area contributed by atoms with Crippen LogP contribution in [-0.4, -0.2) is 9.97 Å². The van der Waals surface area contributed by atoms with E-state index in [1.807, 2.05) is 12.1 Å². The molecular formula is C15H13IN2. The Morgan fingerprint density at radius 1 is 1.06 bits per heavy atom. The Morgan fingerprint density at radius 2 is 1.78 bits per heavy atom. The first-order chi connectivity index (χ1) is 8.65. The smallest absolute Gasteiger partial charge is 0.139 e. The molecule has 0 aliphatic rings. The van der Waals surface area contributed by atoms with Gasteiger partial charge in [-0.25, -0.2) is 4.98 Å². The maximum Gasteiger partial charge on any atom is 0.139 e. The number of nitrogens with one attached hydrogen (secondary N) is 1. The van der Waals surface area contributed by atoms with E-state index in [0.29, 0.717) is 0 Å². The van der Waals surface area contributed by atoms with E-state index in [0.717, 1.165) is 22.4 Å². The largest absolute Gasteiger partial charge is 0.338 e. The zero-order valence-electron chi connectivity index (χ0n) is 10.3. The Bertz CT molecular complexity index is 689. The van der Waals surface area contributed by atoms with E-state index in [-0.39, 0.29) is 0 Å². The molecule has 2 aromatic carbocycles. The Kier molecular flexibility index (Phi) is 2.86. The van der Waals surface area contributed by atoms with Crippen molar-refractivity contribution in [2.45, 2.75) is 13.8 Å². The van der Waals surface area contributed by atoms with E-state index in [2.05, 4.69) is 70.7 Å². The van der Waals surface area contributed by atoms with Crippen LogP contribution in [-0.2, 0) is 0 Å². The lowest BCUT2D eigenvalue weighted by molar-refractivity contribution is 1.33. The number of halogens is 1. The van der Waals surface area contributed by atoms with Crippen LogP contribution in [0.4, 0.5) is 0 Å². The van der Waals surface area contributed by atoms with Crippen LogP contribution in [0, 0.1) is 17.4 Å². The number of benzene rings is 2. The van der Waals surface area contributed by atoms with Crippen LogP contribution >= 0.6 is 22.6 Å². The summed E-state index contributed by atoms with van der Waals surface area (Å²) in [7, 11) is 0. The molecule has 1 aromatic heterocycles. The molecule has 0 atom stereocenters. The highest BCUT2D eigenvalue weighted by molar-refractivity contribution is 14.1. The maximum absolute atomic E-state index is 4.69. The number of rotatable bonds is 1. The number of aryl methyl sites for hydroxylation is 2. The van der Waals surface area contributed by atoms with E-state index >= 15 is 0 Å². The topological polar surface area (TPSA) is 28.7 Å². The number of fused-ring (bicyclic) bond motifs is 1. The third-order valence-electron chi connectivity index (χ3n) is 3.23. The molecule has 0 saturated heterocycles. The highest BCUT2D eigenvalue weighted by Crippen LogP contribution is 2.26. The van der Waals surface area contributed by atoms with Gasteiger partial charge in [-0.3, -0.25) is 0 Å². The summed E-state index contributed by atoms with van der Waals surface area (Å²) in [4.78, 5) is 8.09. The van der Waals surface area contributed by atoms with E-state index in [1.54, 1.807) is 0 Å². The summed E-state index contributed by atoms with van der Waals surface area (Å²) in [5.74, 6) is 0.944. The van der Waals surface area contributed by atoms with Gasteiger partial charge >= 0.3 is 0 Å². The van der Waals surface area contributed by atoms with Crippen molar-refractivity contribution in [2.24, 2.45) is 0 Å². The molecule has 0 aliphatic carbocycles. The van der Waals surface area contributed by atoms with Crippen molar-refractivity contribution in [3.05, 3.63) is 51.1 Å². The number of H-pyrrole nitrogens is 1. The van der Waals surface area contributed by atoms with Crippen LogP contribution in [0.25, 0.3) is 22.4 Å². The van der Waals surface area contributed by atoms with Gasteiger partial charge in [0, 0.05) is 9.13 Å². The minimum absolute atomic E-state index is 0.944. The highest BCUT2D eigenvalue weighted by atomic mass is 127. The van der Waals surface area contributed by atoms with Crippen molar-refractivity contribution in [3.63, 3.8) is 0 Å². The molecule has 1 heterocycles. The zero-order valence-corrected chi connectivity index (χ0v) is 12.4. The molecule has 0 aliphatic heterocycles. The molecule has 2 nitrogen and oxygen atoms in total. The molecule has 3 aromatic rings. The monoisotopic (exact) mass is 348 g/mol. The van der Waals surface area contributed by atoms with Crippen LogP contribution in [0.1, 0.15) is 11.1 Å². The van der Waals surface area contributed by atoms with Crippen molar-refractivity contribution in [3.8, 4) is 11.4 Å². The number of aromatic amines is 1. The van der Waals surface area contributed by atoms with Crippen molar-refractivity contribution >= 4 is 33.6 Å². The Morgan fingerprint density at radius 3 is 2.56 bits per heavy atom. The first-order valence-corrected chi connectivity index (χ1v) is 6.95. The predicted molar refractivity (Wildman–Crippen MR) is 83.7 cm³/mol. The molecule has 1 N–H and O–H groups in total. The molecule has 0 fully saturated rings. The lowest BCUT2D eigenvalue weighted by Gasteiger charge is -1.98. The fourth-order valence-corrected chi connectivity index (χ4v) is 2.69. The fourth-order valence-electron chi connectivity index (χ4n) is 2.05. The van der Waals surface area contributed by atoms with Gasteiger partial charge in [0.1, 0.15) is 5.82 Å². The van der Waals surface area contributed by atoms with Gasteiger partial charge in [-0.15, -0.1) is 0 Å². The standard InChI is InChI=1S/C15H13IN2/c1-9-7-13-14(8-10(9)2)18-15(17-13)11-5-3-4-6-12(11)16/h3-8H,1-2H3,(H,17,18). The van der Waals surface area contributed by atoms with Crippen LogP contribution in [0.15, 0.2) is 36.4 Å². The lowest BCUT2D eigenvalue weighted by atomic mass is 10.1. The molecule has 0 unspecified atom stereocenters. The summed E-state index contributed by atoms with van der Waals surface area (Å²) < 4.78 is 1.21. The molecule has 0 radical (unpaired) electrons. The van der Waals surface area contributed by atoms with Gasteiger partial charge in [0.05, 0.1) is 11.0 Å². The van der Waals surface area contributed by atoms with Gasteiger partial charge in [0.25, 0.3) is 0 Å². The molecule has 0 bridgehead atoms.